The number of anilines is 1. The van der Waals surface area contributed by atoms with Gasteiger partial charge >= 0.3 is 0 Å². The molecule has 0 saturated heterocycles. The summed E-state index contributed by atoms with van der Waals surface area (Å²) in [4.78, 5) is 12.0. The third-order valence-electron chi connectivity index (χ3n) is 2.14. The van der Waals surface area contributed by atoms with E-state index in [9.17, 15) is 9.00 Å². The second-order valence-corrected chi connectivity index (χ2v) is 5.54. The molecule has 0 saturated carbocycles. The van der Waals surface area contributed by atoms with Crippen LogP contribution >= 0.6 is 0 Å². The summed E-state index contributed by atoms with van der Waals surface area (Å²) in [6.07, 6.45) is 0. The quantitative estimate of drug-likeness (QED) is 0.779. The van der Waals surface area contributed by atoms with Crippen LogP contribution in [0, 0.1) is 0 Å². The van der Waals surface area contributed by atoms with Crippen LogP contribution in [-0.2, 0) is 15.6 Å². The molecule has 1 unspecified atom stereocenters. The molecule has 0 aliphatic heterocycles. The van der Waals surface area contributed by atoms with Crippen molar-refractivity contribution in [1.29, 1.82) is 0 Å². The van der Waals surface area contributed by atoms with Gasteiger partial charge in [-0.05, 0) is 26.0 Å². The highest BCUT2D eigenvalue weighted by atomic mass is 32.2. The maximum atomic E-state index is 12.1. The van der Waals surface area contributed by atoms with Crippen LogP contribution in [0.4, 0.5) is 5.69 Å². The fraction of sp³-hybridized carbons (Fsp3) is 0.417. The van der Waals surface area contributed by atoms with Gasteiger partial charge in [0.05, 0.1) is 22.8 Å². The highest BCUT2D eigenvalue weighted by molar-refractivity contribution is 7.85. The van der Waals surface area contributed by atoms with Gasteiger partial charge < -0.3 is 15.8 Å². The van der Waals surface area contributed by atoms with E-state index in [0.29, 0.717) is 16.3 Å². The molecule has 0 aromatic heterocycles. The van der Waals surface area contributed by atoms with Crippen LogP contribution in [0.2, 0.25) is 0 Å². The Bertz CT molecular complexity index is 461. The van der Waals surface area contributed by atoms with Gasteiger partial charge in [-0.3, -0.25) is 9.00 Å². The Labute approximate surface area is 109 Å². The Hall–Kier alpha value is -1.56. The number of nitrogens with one attached hydrogen (secondary N) is 1. The van der Waals surface area contributed by atoms with Crippen molar-refractivity contribution in [2.45, 2.75) is 24.8 Å². The maximum absolute atomic E-state index is 12.1. The van der Waals surface area contributed by atoms with E-state index in [1.807, 2.05) is 13.8 Å². The molecule has 0 aliphatic rings. The zero-order valence-electron chi connectivity index (χ0n) is 10.7. The van der Waals surface area contributed by atoms with Crippen LogP contribution in [0.3, 0.4) is 0 Å². The number of amides is 1. The number of nitrogen functional groups attached to an aromatic ring is 1. The van der Waals surface area contributed by atoms with Gasteiger partial charge in [-0.25, -0.2) is 0 Å². The lowest BCUT2D eigenvalue weighted by atomic mass is 10.3. The first-order valence-corrected chi connectivity index (χ1v) is 6.87. The van der Waals surface area contributed by atoms with Crippen LogP contribution in [0.25, 0.3) is 0 Å². The van der Waals surface area contributed by atoms with Crippen molar-refractivity contribution in [3.63, 3.8) is 0 Å². The highest BCUT2D eigenvalue weighted by Gasteiger charge is 2.15. The van der Waals surface area contributed by atoms with E-state index >= 15 is 0 Å². The molecule has 3 N–H and O–H groups in total. The van der Waals surface area contributed by atoms with Crippen molar-refractivity contribution in [2.75, 3.05) is 18.6 Å². The van der Waals surface area contributed by atoms with Crippen LogP contribution in [0.5, 0.6) is 5.75 Å². The topological polar surface area (TPSA) is 81.4 Å². The Morgan fingerprint density at radius 3 is 2.72 bits per heavy atom. The zero-order valence-corrected chi connectivity index (χ0v) is 11.5. The third kappa shape index (κ3) is 4.03. The molecule has 6 heteroatoms. The second kappa shape index (κ2) is 6.39. The van der Waals surface area contributed by atoms with Gasteiger partial charge in [0.15, 0.2) is 0 Å². The summed E-state index contributed by atoms with van der Waals surface area (Å²) < 4.78 is 17.2. The summed E-state index contributed by atoms with van der Waals surface area (Å²) in [5.41, 5.74) is 6.14. The molecule has 1 atom stereocenters. The standard InChI is InChI=1S/C12H18N2O3S/c1-8(2)14-12(15)7-18(16)11-5-4-9(13)6-10(11)17-3/h4-6,8H,7,13H2,1-3H3,(H,14,15). The number of hydrogen-bond acceptors (Lipinski definition) is 4. The zero-order chi connectivity index (χ0) is 13.7. The molecule has 0 aliphatic carbocycles. The lowest BCUT2D eigenvalue weighted by Gasteiger charge is -2.10. The van der Waals surface area contributed by atoms with Crippen LogP contribution < -0.4 is 15.8 Å². The van der Waals surface area contributed by atoms with Gasteiger partial charge in [-0.15, -0.1) is 0 Å². The lowest BCUT2D eigenvalue weighted by Crippen LogP contribution is -2.33. The number of rotatable bonds is 5. The van der Waals surface area contributed by atoms with Gasteiger partial charge in [0, 0.05) is 17.8 Å². The summed E-state index contributed by atoms with van der Waals surface area (Å²) in [5.74, 6) is 0.103. The van der Waals surface area contributed by atoms with Gasteiger partial charge in [0.1, 0.15) is 11.5 Å². The molecule has 0 fully saturated rings. The third-order valence-corrected chi connectivity index (χ3v) is 3.50. The van der Waals surface area contributed by atoms with Gasteiger partial charge in [0.2, 0.25) is 5.91 Å². The number of benzene rings is 1. The average molecular weight is 270 g/mol. The second-order valence-electron chi connectivity index (χ2n) is 4.12. The molecule has 18 heavy (non-hydrogen) atoms. The number of carbonyl (C=O) groups excluding carboxylic acids is 1. The fourth-order valence-electron chi connectivity index (χ4n) is 1.43. The van der Waals surface area contributed by atoms with Crippen molar-refractivity contribution >= 4 is 22.4 Å². The summed E-state index contributed by atoms with van der Waals surface area (Å²) in [5, 5.41) is 2.69. The summed E-state index contributed by atoms with van der Waals surface area (Å²) in [6, 6.07) is 4.87. The molecule has 1 aromatic rings. The molecule has 1 aromatic carbocycles. The Morgan fingerprint density at radius 2 is 2.17 bits per heavy atom. The first-order chi connectivity index (χ1) is 8.43. The van der Waals surface area contributed by atoms with E-state index in [1.54, 1.807) is 18.2 Å². The predicted octanol–water partition coefficient (Wildman–Crippen LogP) is 0.910. The van der Waals surface area contributed by atoms with E-state index < -0.39 is 10.8 Å². The molecule has 0 heterocycles. The number of carbonyl (C=O) groups is 1. The van der Waals surface area contributed by atoms with Crippen LogP contribution in [0.1, 0.15) is 13.8 Å². The van der Waals surface area contributed by atoms with E-state index in [1.165, 1.54) is 7.11 Å². The smallest absolute Gasteiger partial charge is 0.233 e. The molecule has 100 valence electrons. The number of nitrogens with two attached hydrogens (primary N) is 1. The summed E-state index contributed by atoms with van der Waals surface area (Å²) in [7, 11) is 0.0336. The predicted molar refractivity (Wildman–Crippen MR) is 72.0 cm³/mol. The van der Waals surface area contributed by atoms with Crippen LogP contribution in [0.15, 0.2) is 23.1 Å². The minimum atomic E-state index is -1.44. The van der Waals surface area contributed by atoms with E-state index in [-0.39, 0.29) is 17.7 Å². The van der Waals surface area contributed by atoms with Crippen LogP contribution in [-0.4, -0.2) is 29.0 Å². The normalized spacial score (nSPS) is 12.2. The van der Waals surface area contributed by atoms with Crippen molar-refractivity contribution in [3.05, 3.63) is 18.2 Å². The average Bonchev–Trinajstić information content (AvgIpc) is 2.27. The van der Waals surface area contributed by atoms with Gasteiger partial charge in [0.25, 0.3) is 0 Å². The molecule has 5 nitrogen and oxygen atoms in total. The largest absolute Gasteiger partial charge is 0.495 e. The minimum absolute atomic E-state index is 0.0304. The summed E-state index contributed by atoms with van der Waals surface area (Å²) >= 11 is 0. The SMILES string of the molecule is COc1cc(N)ccc1S(=O)CC(=O)NC(C)C. The van der Waals surface area contributed by atoms with Gasteiger partial charge in [-0.2, -0.15) is 0 Å². The first kappa shape index (κ1) is 14.5. The van der Waals surface area contributed by atoms with Crippen molar-refractivity contribution in [2.24, 2.45) is 0 Å². The summed E-state index contributed by atoms with van der Waals surface area (Å²) in [6.45, 7) is 3.70. The molecule has 0 spiro atoms. The fourth-order valence-corrected chi connectivity index (χ4v) is 2.50. The van der Waals surface area contributed by atoms with E-state index in [4.69, 9.17) is 10.5 Å². The number of hydrogen-bond donors (Lipinski definition) is 2. The Kier molecular flexibility index (Phi) is 5.15. The Morgan fingerprint density at radius 1 is 1.50 bits per heavy atom. The lowest BCUT2D eigenvalue weighted by molar-refractivity contribution is -0.119. The number of ether oxygens (including phenoxy) is 1. The molecule has 0 bridgehead atoms. The first-order valence-electron chi connectivity index (χ1n) is 5.55. The Balaban J connectivity index is 2.81. The van der Waals surface area contributed by atoms with Crippen molar-refractivity contribution < 1.29 is 13.7 Å². The molecular formula is C12H18N2O3S. The van der Waals surface area contributed by atoms with Gasteiger partial charge in [-0.1, -0.05) is 0 Å². The van der Waals surface area contributed by atoms with Crippen molar-refractivity contribution in [1.82, 2.24) is 5.32 Å². The monoisotopic (exact) mass is 270 g/mol. The maximum Gasteiger partial charge on any atom is 0.233 e. The molecule has 0 radical (unpaired) electrons. The van der Waals surface area contributed by atoms with E-state index in [2.05, 4.69) is 5.32 Å². The highest BCUT2D eigenvalue weighted by Crippen LogP contribution is 2.24. The minimum Gasteiger partial charge on any atom is -0.495 e. The van der Waals surface area contributed by atoms with Crippen molar-refractivity contribution in [3.8, 4) is 5.75 Å². The van der Waals surface area contributed by atoms with E-state index in [0.717, 1.165) is 0 Å². The molecule has 1 amide bonds. The number of methoxy groups -OCH3 is 1. The molecule has 1 rings (SSSR count). The molecular weight excluding hydrogens is 252 g/mol.